The molecule has 2 rings (SSSR count). The summed E-state index contributed by atoms with van der Waals surface area (Å²) >= 11 is 0. The molecule has 0 saturated carbocycles. The molecular formula is C22H28O2. The van der Waals surface area contributed by atoms with Gasteiger partial charge in [-0.2, -0.15) is 0 Å². The summed E-state index contributed by atoms with van der Waals surface area (Å²) in [4.78, 5) is 0. The van der Waals surface area contributed by atoms with Crippen molar-refractivity contribution in [2.24, 2.45) is 11.8 Å². The third-order valence-corrected chi connectivity index (χ3v) is 3.38. The van der Waals surface area contributed by atoms with Crippen LogP contribution < -0.4 is 9.47 Å². The highest BCUT2D eigenvalue weighted by atomic mass is 16.5. The highest BCUT2D eigenvalue weighted by molar-refractivity contribution is 5.70. The molecule has 24 heavy (non-hydrogen) atoms. The zero-order valence-electron chi connectivity index (χ0n) is 15.2. The highest BCUT2D eigenvalue weighted by Crippen LogP contribution is 2.30. The monoisotopic (exact) mass is 324 g/mol. The van der Waals surface area contributed by atoms with Crippen molar-refractivity contribution >= 4 is 12.2 Å². The van der Waals surface area contributed by atoms with Gasteiger partial charge in [0.25, 0.3) is 0 Å². The van der Waals surface area contributed by atoms with Crippen LogP contribution in [-0.2, 0) is 0 Å². The molecule has 2 nitrogen and oxygen atoms in total. The van der Waals surface area contributed by atoms with E-state index >= 15 is 0 Å². The van der Waals surface area contributed by atoms with Crippen molar-refractivity contribution in [3.63, 3.8) is 0 Å². The lowest BCUT2D eigenvalue weighted by Crippen LogP contribution is -2.09. The molecule has 0 bridgehead atoms. The molecule has 0 spiro atoms. The fraction of sp³-hybridized carbons (Fsp3) is 0.364. The van der Waals surface area contributed by atoms with Crippen molar-refractivity contribution in [2.75, 3.05) is 13.2 Å². The zero-order chi connectivity index (χ0) is 17.4. The van der Waals surface area contributed by atoms with Crippen LogP contribution in [0.4, 0.5) is 0 Å². The maximum Gasteiger partial charge on any atom is 0.161 e. The molecular weight excluding hydrogens is 296 g/mol. The van der Waals surface area contributed by atoms with Crippen LogP contribution in [0.2, 0.25) is 0 Å². The number of hydrogen-bond donors (Lipinski definition) is 0. The molecule has 0 aliphatic heterocycles. The Morgan fingerprint density at radius 3 is 1.92 bits per heavy atom. The van der Waals surface area contributed by atoms with Crippen molar-refractivity contribution in [2.45, 2.75) is 27.7 Å². The van der Waals surface area contributed by atoms with Gasteiger partial charge in [-0.15, -0.1) is 0 Å². The quantitative estimate of drug-likeness (QED) is 0.561. The van der Waals surface area contributed by atoms with Crippen LogP contribution in [0.15, 0.2) is 48.5 Å². The SMILES string of the molecule is CC(C)COc1ccc(C=Cc2ccccc2)cc1OCC(C)C. The summed E-state index contributed by atoms with van der Waals surface area (Å²) in [6.07, 6.45) is 4.21. The molecule has 0 radical (unpaired) electrons. The summed E-state index contributed by atoms with van der Waals surface area (Å²) in [5, 5.41) is 0. The summed E-state index contributed by atoms with van der Waals surface area (Å²) in [6, 6.07) is 16.4. The lowest BCUT2D eigenvalue weighted by atomic mass is 10.1. The molecule has 128 valence electrons. The van der Waals surface area contributed by atoms with Gasteiger partial charge in [0, 0.05) is 0 Å². The van der Waals surface area contributed by atoms with Crippen molar-refractivity contribution in [3.05, 3.63) is 59.7 Å². The minimum atomic E-state index is 0.478. The summed E-state index contributed by atoms with van der Waals surface area (Å²) in [5.74, 6) is 2.60. The van der Waals surface area contributed by atoms with Gasteiger partial charge in [0.05, 0.1) is 13.2 Å². The maximum atomic E-state index is 5.96. The fourth-order valence-electron chi connectivity index (χ4n) is 2.13. The van der Waals surface area contributed by atoms with Crippen LogP contribution in [0.25, 0.3) is 12.2 Å². The molecule has 0 amide bonds. The Morgan fingerprint density at radius 1 is 0.708 bits per heavy atom. The molecule has 0 atom stereocenters. The third kappa shape index (κ3) is 6.11. The van der Waals surface area contributed by atoms with E-state index < -0.39 is 0 Å². The van der Waals surface area contributed by atoms with Gasteiger partial charge < -0.3 is 9.47 Å². The predicted molar refractivity (Wildman–Crippen MR) is 102 cm³/mol. The minimum absolute atomic E-state index is 0.478. The average Bonchev–Trinajstić information content (AvgIpc) is 2.57. The molecule has 0 N–H and O–H groups in total. The van der Waals surface area contributed by atoms with Crippen molar-refractivity contribution in [1.29, 1.82) is 0 Å². The molecule has 2 heteroatoms. The largest absolute Gasteiger partial charge is 0.489 e. The van der Waals surface area contributed by atoms with E-state index in [9.17, 15) is 0 Å². The van der Waals surface area contributed by atoms with E-state index in [2.05, 4.69) is 64.1 Å². The third-order valence-electron chi connectivity index (χ3n) is 3.38. The van der Waals surface area contributed by atoms with Crippen LogP contribution in [0, 0.1) is 11.8 Å². The molecule has 2 aromatic carbocycles. The topological polar surface area (TPSA) is 18.5 Å². The predicted octanol–water partition coefficient (Wildman–Crippen LogP) is 5.93. The van der Waals surface area contributed by atoms with Gasteiger partial charge in [-0.1, -0.05) is 76.2 Å². The first kappa shape index (κ1) is 18.1. The van der Waals surface area contributed by atoms with Gasteiger partial charge >= 0.3 is 0 Å². The standard InChI is InChI=1S/C22H28O2/c1-17(2)15-23-21-13-12-20(14-22(21)24-16-18(3)4)11-10-19-8-6-5-7-9-19/h5-14,17-18H,15-16H2,1-4H3. The molecule has 2 aromatic rings. The number of benzene rings is 2. The number of hydrogen-bond acceptors (Lipinski definition) is 2. The average molecular weight is 324 g/mol. The van der Waals surface area contributed by atoms with Crippen LogP contribution in [0.3, 0.4) is 0 Å². The Kier molecular flexibility index (Phi) is 6.92. The Balaban J connectivity index is 2.17. The highest BCUT2D eigenvalue weighted by Gasteiger charge is 2.08. The molecule has 0 aromatic heterocycles. The zero-order valence-corrected chi connectivity index (χ0v) is 15.2. The van der Waals surface area contributed by atoms with Crippen LogP contribution in [0.5, 0.6) is 11.5 Å². The van der Waals surface area contributed by atoms with Gasteiger partial charge in [-0.25, -0.2) is 0 Å². The maximum absolute atomic E-state index is 5.96. The molecule has 0 saturated heterocycles. The number of ether oxygens (including phenoxy) is 2. The van der Waals surface area contributed by atoms with Gasteiger partial charge in [-0.3, -0.25) is 0 Å². The van der Waals surface area contributed by atoms with Gasteiger partial charge in [0.2, 0.25) is 0 Å². The van der Waals surface area contributed by atoms with E-state index in [1.807, 2.05) is 24.3 Å². The first-order valence-electron chi connectivity index (χ1n) is 8.67. The van der Waals surface area contributed by atoms with Crippen LogP contribution in [0.1, 0.15) is 38.8 Å². The van der Waals surface area contributed by atoms with E-state index in [-0.39, 0.29) is 0 Å². The van der Waals surface area contributed by atoms with Gasteiger partial charge in [-0.05, 0) is 35.1 Å². The van der Waals surface area contributed by atoms with Gasteiger partial charge in [0.15, 0.2) is 11.5 Å². The van der Waals surface area contributed by atoms with Crippen molar-refractivity contribution < 1.29 is 9.47 Å². The molecule has 0 aliphatic rings. The summed E-state index contributed by atoms with van der Waals surface area (Å²) in [5.41, 5.74) is 2.29. The Labute approximate surface area is 146 Å². The molecule has 0 aliphatic carbocycles. The second-order valence-electron chi connectivity index (χ2n) is 6.86. The van der Waals surface area contributed by atoms with Crippen LogP contribution >= 0.6 is 0 Å². The Bertz CT molecular complexity index is 642. The van der Waals surface area contributed by atoms with E-state index in [0.29, 0.717) is 25.0 Å². The first-order chi connectivity index (χ1) is 11.5. The number of rotatable bonds is 8. The molecule has 0 heterocycles. The van der Waals surface area contributed by atoms with Crippen molar-refractivity contribution in [3.8, 4) is 11.5 Å². The minimum Gasteiger partial charge on any atom is -0.489 e. The van der Waals surface area contributed by atoms with Crippen molar-refractivity contribution in [1.82, 2.24) is 0 Å². The summed E-state index contributed by atoms with van der Waals surface area (Å²) in [7, 11) is 0. The van der Waals surface area contributed by atoms with E-state index in [4.69, 9.17) is 9.47 Å². The Hall–Kier alpha value is -2.22. The lowest BCUT2D eigenvalue weighted by Gasteiger charge is -2.16. The normalized spacial score (nSPS) is 11.4. The van der Waals surface area contributed by atoms with Crippen LogP contribution in [-0.4, -0.2) is 13.2 Å². The van der Waals surface area contributed by atoms with Gasteiger partial charge in [0.1, 0.15) is 0 Å². The lowest BCUT2D eigenvalue weighted by molar-refractivity contribution is 0.229. The second-order valence-corrected chi connectivity index (χ2v) is 6.86. The summed E-state index contributed by atoms with van der Waals surface area (Å²) in [6.45, 7) is 9.96. The molecule has 0 fully saturated rings. The van der Waals surface area contributed by atoms with E-state index in [0.717, 1.165) is 17.1 Å². The Morgan fingerprint density at radius 2 is 1.29 bits per heavy atom. The first-order valence-corrected chi connectivity index (χ1v) is 8.67. The molecule has 0 unspecified atom stereocenters. The van der Waals surface area contributed by atoms with E-state index in [1.54, 1.807) is 0 Å². The fourth-order valence-corrected chi connectivity index (χ4v) is 2.13. The second kappa shape index (κ2) is 9.17. The smallest absolute Gasteiger partial charge is 0.161 e. The van der Waals surface area contributed by atoms with E-state index in [1.165, 1.54) is 5.56 Å². The summed E-state index contributed by atoms with van der Waals surface area (Å²) < 4.78 is 11.9.